The first-order valence-corrected chi connectivity index (χ1v) is 8.61. The molecule has 3 rings (SSSR count). The average Bonchev–Trinajstić information content (AvgIpc) is 2.63. The van der Waals surface area contributed by atoms with E-state index in [0.717, 1.165) is 10.9 Å². The fourth-order valence-corrected chi connectivity index (χ4v) is 2.63. The lowest BCUT2D eigenvalue weighted by Gasteiger charge is -2.13. The number of para-hydroxylation sites is 1. The van der Waals surface area contributed by atoms with Gasteiger partial charge in [0.15, 0.2) is 6.10 Å². The summed E-state index contributed by atoms with van der Waals surface area (Å²) < 4.78 is 16.2. The number of fused-ring (bicyclic) bond motifs is 1. The van der Waals surface area contributed by atoms with Crippen LogP contribution in [-0.4, -0.2) is 23.7 Å². The minimum atomic E-state index is -0.678. The number of benzene rings is 2. The highest BCUT2D eigenvalue weighted by Crippen LogP contribution is 2.29. The molecule has 5 nitrogen and oxygen atoms in total. The van der Waals surface area contributed by atoms with Crippen LogP contribution in [0.4, 0.5) is 0 Å². The summed E-state index contributed by atoms with van der Waals surface area (Å²) in [6.45, 7) is 3.72. The molecule has 1 unspecified atom stereocenters. The number of hydrogen-bond acceptors (Lipinski definition) is 5. The van der Waals surface area contributed by atoms with Crippen LogP contribution in [0.5, 0.6) is 17.4 Å². The van der Waals surface area contributed by atoms with Gasteiger partial charge in [0.2, 0.25) is 5.88 Å². The largest absolute Gasteiger partial charge is 0.479 e. The molecule has 0 aliphatic carbocycles. The molecular formula is C20H18ClNO4. The molecule has 6 heteroatoms. The van der Waals surface area contributed by atoms with Crippen molar-refractivity contribution in [3.8, 4) is 17.4 Å². The van der Waals surface area contributed by atoms with Gasteiger partial charge in [-0.2, -0.15) is 0 Å². The molecule has 26 heavy (non-hydrogen) atoms. The Morgan fingerprint density at radius 2 is 1.81 bits per heavy atom. The maximum absolute atomic E-state index is 11.6. The van der Waals surface area contributed by atoms with Crippen molar-refractivity contribution in [3.63, 3.8) is 0 Å². The molecule has 1 atom stereocenters. The summed E-state index contributed by atoms with van der Waals surface area (Å²) in [6.07, 6.45) is -0.678. The Labute approximate surface area is 156 Å². The fraction of sp³-hybridized carbons (Fsp3) is 0.200. The van der Waals surface area contributed by atoms with E-state index in [2.05, 4.69) is 4.98 Å². The number of nitrogens with zero attached hydrogens (tertiary/aromatic N) is 1. The van der Waals surface area contributed by atoms with Crippen molar-refractivity contribution >= 4 is 28.5 Å². The van der Waals surface area contributed by atoms with Crippen LogP contribution in [0.1, 0.15) is 13.8 Å². The van der Waals surface area contributed by atoms with Gasteiger partial charge in [-0.15, -0.1) is 0 Å². The van der Waals surface area contributed by atoms with Crippen LogP contribution < -0.4 is 9.47 Å². The standard InChI is InChI=1S/C20H18ClNO4/c1-3-24-20(23)13(2)25-14-8-10-15(11-9-14)26-19-12-17(21)16-6-4-5-7-18(16)22-19/h4-13H,3H2,1-2H3. The first-order valence-electron chi connectivity index (χ1n) is 8.23. The quantitative estimate of drug-likeness (QED) is 0.570. The number of halogens is 1. The minimum Gasteiger partial charge on any atom is -0.479 e. The predicted octanol–water partition coefficient (Wildman–Crippen LogP) is 5.01. The van der Waals surface area contributed by atoms with Gasteiger partial charge in [-0.25, -0.2) is 9.78 Å². The second kappa shape index (κ2) is 8.06. The van der Waals surface area contributed by atoms with E-state index < -0.39 is 12.1 Å². The smallest absolute Gasteiger partial charge is 0.347 e. The van der Waals surface area contributed by atoms with E-state index in [1.165, 1.54) is 0 Å². The summed E-state index contributed by atoms with van der Waals surface area (Å²) >= 11 is 6.28. The zero-order valence-electron chi connectivity index (χ0n) is 14.4. The summed E-state index contributed by atoms with van der Waals surface area (Å²) in [5.41, 5.74) is 0.762. The highest BCUT2D eigenvalue weighted by atomic mass is 35.5. The number of carbonyl (C=O) groups is 1. The van der Waals surface area contributed by atoms with Gasteiger partial charge < -0.3 is 14.2 Å². The summed E-state index contributed by atoms with van der Waals surface area (Å²) in [5.74, 6) is 1.13. The number of ether oxygens (including phenoxy) is 3. The van der Waals surface area contributed by atoms with Crippen molar-refractivity contribution in [2.75, 3.05) is 6.61 Å². The van der Waals surface area contributed by atoms with Crippen molar-refractivity contribution < 1.29 is 19.0 Å². The number of pyridine rings is 1. The molecule has 2 aromatic carbocycles. The van der Waals surface area contributed by atoms with Crippen molar-refractivity contribution in [2.24, 2.45) is 0 Å². The Bertz CT molecular complexity index is 911. The molecule has 0 aliphatic heterocycles. The Hall–Kier alpha value is -2.79. The van der Waals surface area contributed by atoms with Gasteiger partial charge in [0, 0.05) is 11.5 Å². The zero-order valence-corrected chi connectivity index (χ0v) is 15.2. The number of aromatic nitrogens is 1. The highest BCUT2D eigenvalue weighted by molar-refractivity contribution is 6.35. The van der Waals surface area contributed by atoms with E-state index in [-0.39, 0.29) is 0 Å². The normalized spacial score (nSPS) is 11.8. The average molecular weight is 372 g/mol. The van der Waals surface area contributed by atoms with Gasteiger partial charge in [0.1, 0.15) is 11.5 Å². The van der Waals surface area contributed by atoms with Gasteiger partial charge in [-0.3, -0.25) is 0 Å². The Balaban J connectivity index is 1.70. The molecule has 0 spiro atoms. The highest BCUT2D eigenvalue weighted by Gasteiger charge is 2.15. The maximum atomic E-state index is 11.6. The van der Waals surface area contributed by atoms with Gasteiger partial charge in [-0.05, 0) is 44.2 Å². The molecular weight excluding hydrogens is 354 g/mol. The number of rotatable bonds is 6. The predicted molar refractivity (Wildman–Crippen MR) is 100.0 cm³/mol. The Morgan fingerprint density at radius 3 is 2.54 bits per heavy atom. The van der Waals surface area contributed by atoms with E-state index in [0.29, 0.717) is 29.0 Å². The molecule has 0 amide bonds. The van der Waals surface area contributed by atoms with Crippen LogP contribution in [-0.2, 0) is 9.53 Å². The molecule has 134 valence electrons. The third-order valence-electron chi connectivity index (χ3n) is 3.62. The summed E-state index contributed by atoms with van der Waals surface area (Å²) in [4.78, 5) is 16.0. The zero-order chi connectivity index (χ0) is 18.5. The topological polar surface area (TPSA) is 57.7 Å². The van der Waals surface area contributed by atoms with Crippen LogP contribution in [0.25, 0.3) is 10.9 Å². The maximum Gasteiger partial charge on any atom is 0.347 e. The lowest BCUT2D eigenvalue weighted by atomic mass is 10.2. The molecule has 0 saturated heterocycles. The van der Waals surface area contributed by atoms with E-state index in [1.54, 1.807) is 44.2 Å². The van der Waals surface area contributed by atoms with Crippen LogP contribution in [0, 0.1) is 0 Å². The molecule has 0 aliphatic rings. The van der Waals surface area contributed by atoms with Crippen molar-refractivity contribution in [1.82, 2.24) is 4.98 Å². The lowest BCUT2D eigenvalue weighted by Crippen LogP contribution is -2.25. The van der Waals surface area contributed by atoms with Crippen molar-refractivity contribution in [3.05, 3.63) is 59.6 Å². The summed E-state index contributed by atoms with van der Waals surface area (Å²) in [7, 11) is 0. The van der Waals surface area contributed by atoms with Crippen molar-refractivity contribution in [2.45, 2.75) is 20.0 Å². The monoisotopic (exact) mass is 371 g/mol. The molecule has 0 bridgehead atoms. The first-order chi connectivity index (χ1) is 12.6. The third-order valence-corrected chi connectivity index (χ3v) is 3.93. The second-order valence-electron chi connectivity index (χ2n) is 5.55. The molecule has 1 aromatic heterocycles. The van der Waals surface area contributed by atoms with E-state index in [9.17, 15) is 4.79 Å². The van der Waals surface area contributed by atoms with Gasteiger partial charge in [0.25, 0.3) is 0 Å². The molecule has 0 radical (unpaired) electrons. The minimum absolute atomic E-state index is 0.320. The van der Waals surface area contributed by atoms with Crippen LogP contribution in [0.15, 0.2) is 54.6 Å². The Morgan fingerprint density at radius 1 is 1.12 bits per heavy atom. The lowest BCUT2D eigenvalue weighted by molar-refractivity contribution is -0.150. The molecule has 0 saturated carbocycles. The van der Waals surface area contributed by atoms with Gasteiger partial charge in [-0.1, -0.05) is 29.8 Å². The fourth-order valence-electron chi connectivity index (χ4n) is 2.38. The van der Waals surface area contributed by atoms with Crippen LogP contribution in [0.3, 0.4) is 0 Å². The van der Waals surface area contributed by atoms with Crippen LogP contribution in [0.2, 0.25) is 5.02 Å². The Kier molecular flexibility index (Phi) is 5.58. The van der Waals surface area contributed by atoms with Gasteiger partial charge >= 0.3 is 5.97 Å². The molecule has 3 aromatic rings. The van der Waals surface area contributed by atoms with Crippen molar-refractivity contribution in [1.29, 1.82) is 0 Å². The van der Waals surface area contributed by atoms with Gasteiger partial charge in [0.05, 0.1) is 17.1 Å². The third kappa shape index (κ3) is 4.24. The second-order valence-corrected chi connectivity index (χ2v) is 5.95. The van der Waals surface area contributed by atoms with E-state index >= 15 is 0 Å². The number of esters is 1. The molecule has 0 fully saturated rings. The molecule has 1 heterocycles. The summed E-state index contributed by atoms with van der Waals surface area (Å²) in [5, 5.41) is 1.45. The first kappa shape index (κ1) is 18.0. The SMILES string of the molecule is CCOC(=O)C(C)Oc1ccc(Oc2cc(Cl)c3ccccc3n2)cc1. The van der Waals surface area contributed by atoms with E-state index in [1.807, 2.05) is 24.3 Å². The number of carbonyl (C=O) groups excluding carboxylic acids is 1. The molecule has 0 N–H and O–H groups in total. The summed E-state index contributed by atoms with van der Waals surface area (Å²) in [6, 6.07) is 16.2. The van der Waals surface area contributed by atoms with E-state index in [4.69, 9.17) is 25.8 Å². The van der Waals surface area contributed by atoms with Crippen LogP contribution >= 0.6 is 11.6 Å². The number of hydrogen-bond donors (Lipinski definition) is 0.